The van der Waals surface area contributed by atoms with Gasteiger partial charge in [-0.1, -0.05) is 60.7 Å². The van der Waals surface area contributed by atoms with Crippen LogP contribution in [0.15, 0.2) is 60.7 Å². The zero-order valence-electron chi connectivity index (χ0n) is 19.5. The Labute approximate surface area is 196 Å². The largest absolute Gasteiger partial charge is 0.368 e. The molecular formula is C27H32N6. The summed E-state index contributed by atoms with van der Waals surface area (Å²) < 4.78 is 0. The number of fused-ring (bicyclic) bond motifs is 1. The van der Waals surface area contributed by atoms with Crippen molar-refractivity contribution in [3.8, 4) is 6.07 Å². The molecule has 2 aromatic carbocycles. The molecule has 0 bridgehead atoms. The Hall–Kier alpha value is -3.40. The zero-order valence-corrected chi connectivity index (χ0v) is 19.5. The smallest absolute Gasteiger partial charge is 0.146 e. The van der Waals surface area contributed by atoms with Gasteiger partial charge in [0.25, 0.3) is 0 Å². The molecule has 2 N–H and O–H groups in total. The highest BCUT2D eigenvalue weighted by Gasteiger charge is 2.25. The van der Waals surface area contributed by atoms with E-state index in [0.29, 0.717) is 17.9 Å². The lowest BCUT2D eigenvalue weighted by Crippen LogP contribution is -2.32. The highest BCUT2D eigenvalue weighted by Crippen LogP contribution is 2.32. The number of benzene rings is 2. The highest BCUT2D eigenvalue weighted by atomic mass is 15.2. The Bertz CT molecular complexity index is 1090. The van der Waals surface area contributed by atoms with Crippen LogP contribution in [0.25, 0.3) is 0 Å². The maximum Gasteiger partial charge on any atom is 0.146 e. The van der Waals surface area contributed by atoms with Gasteiger partial charge < -0.3 is 15.5 Å². The molecular weight excluding hydrogens is 408 g/mol. The Balaban J connectivity index is 1.61. The lowest BCUT2D eigenvalue weighted by Gasteiger charge is -2.31. The zero-order chi connectivity index (χ0) is 23.0. The topological polar surface area (TPSA) is 67.2 Å². The maximum absolute atomic E-state index is 10.0. The fraction of sp³-hybridized carbons (Fsp3) is 0.333. The number of hydrogen-bond donors (Lipinski definition) is 2. The van der Waals surface area contributed by atoms with Crippen LogP contribution in [0.2, 0.25) is 0 Å². The summed E-state index contributed by atoms with van der Waals surface area (Å²) in [6.45, 7) is 4.96. The molecule has 4 rings (SSSR count). The minimum absolute atomic E-state index is 0.637. The number of anilines is 2. The molecule has 0 unspecified atom stereocenters. The predicted octanol–water partition coefficient (Wildman–Crippen LogP) is 4.10. The van der Waals surface area contributed by atoms with Crippen molar-refractivity contribution in [3.05, 3.63) is 88.5 Å². The molecule has 0 fully saturated rings. The van der Waals surface area contributed by atoms with Crippen molar-refractivity contribution in [2.45, 2.75) is 26.1 Å². The number of hydrogen-bond acceptors (Lipinski definition) is 6. The highest BCUT2D eigenvalue weighted by molar-refractivity contribution is 5.66. The Morgan fingerprint density at radius 2 is 1.64 bits per heavy atom. The molecule has 6 nitrogen and oxygen atoms in total. The summed E-state index contributed by atoms with van der Waals surface area (Å²) in [6, 6.07) is 23.2. The van der Waals surface area contributed by atoms with Gasteiger partial charge in [-0.05, 0) is 37.2 Å². The van der Waals surface area contributed by atoms with Crippen LogP contribution >= 0.6 is 0 Å². The van der Waals surface area contributed by atoms with Gasteiger partial charge in [0.2, 0.25) is 0 Å². The van der Waals surface area contributed by atoms with Gasteiger partial charge in [-0.3, -0.25) is 4.90 Å². The lowest BCUT2D eigenvalue weighted by molar-refractivity contribution is 0.245. The molecule has 0 saturated carbocycles. The quantitative estimate of drug-likeness (QED) is 0.522. The van der Waals surface area contributed by atoms with Crippen LogP contribution < -0.4 is 10.6 Å². The predicted molar refractivity (Wildman–Crippen MR) is 134 cm³/mol. The first-order valence-corrected chi connectivity index (χ1v) is 11.5. The van der Waals surface area contributed by atoms with Crippen LogP contribution in [0.5, 0.6) is 0 Å². The standard InChI is InChI=1S/C27H32N6/c1-32(2)16-14-29-27-25-20-33(19-22-11-7-4-8-12-22)15-13-23(25)24(17-28)26(31-27)30-18-21-9-5-3-6-10-21/h3-12H,13-16,18-20H2,1-2H3,(H2,29,30,31). The van der Waals surface area contributed by atoms with E-state index in [9.17, 15) is 5.26 Å². The number of nitriles is 1. The third-order valence-corrected chi connectivity index (χ3v) is 5.99. The van der Waals surface area contributed by atoms with Crippen molar-refractivity contribution in [2.24, 2.45) is 0 Å². The molecule has 2 heterocycles. The molecule has 1 aliphatic rings. The van der Waals surface area contributed by atoms with Crippen LogP contribution in [0.1, 0.15) is 27.8 Å². The first-order chi connectivity index (χ1) is 16.1. The minimum atomic E-state index is 0.637. The maximum atomic E-state index is 10.0. The van der Waals surface area contributed by atoms with Crippen molar-refractivity contribution in [1.82, 2.24) is 14.8 Å². The van der Waals surface area contributed by atoms with E-state index in [1.54, 1.807) is 0 Å². The van der Waals surface area contributed by atoms with Gasteiger partial charge in [0, 0.05) is 44.8 Å². The summed E-state index contributed by atoms with van der Waals surface area (Å²) in [4.78, 5) is 9.51. The number of nitrogens with one attached hydrogen (secondary N) is 2. The lowest BCUT2D eigenvalue weighted by atomic mass is 9.95. The number of rotatable bonds is 9. The molecule has 1 aliphatic heterocycles. The van der Waals surface area contributed by atoms with Gasteiger partial charge in [-0.2, -0.15) is 5.26 Å². The summed E-state index contributed by atoms with van der Waals surface area (Å²) in [5.41, 5.74) is 5.42. The fourth-order valence-corrected chi connectivity index (χ4v) is 4.24. The third-order valence-electron chi connectivity index (χ3n) is 5.99. The second-order valence-electron chi connectivity index (χ2n) is 8.77. The van der Waals surface area contributed by atoms with Crippen molar-refractivity contribution < 1.29 is 0 Å². The second kappa shape index (κ2) is 11.0. The number of nitrogens with zero attached hydrogens (tertiary/aromatic N) is 4. The van der Waals surface area contributed by atoms with Crippen molar-refractivity contribution in [2.75, 3.05) is 44.4 Å². The van der Waals surface area contributed by atoms with E-state index in [-0.39, 0.29) is 0 Å². The summed E-state index contributed by atoms with van der Waals surface area (Å²) >= 11 is 0. The molecule has 1 aromatic heterocycles. The SMILES string of the molecule is CN(C)CCNc1nc(NCc2ccccc2)c(C#N)c2c1CN(Cc1ccccc1)CC2. The van der Waals surface area contributed by atoms with E-state index in [1.165, 1.54) is 5.56 Å². The van der Waals surface area contributed by atoms with Gasteiger partial charge in [0.05, 0.1) is 5.56 Å². The summed E-state index contributed by atoms with van der Waals surface area (Å²) in [5.74, 6) is 1.56. The van der Waals surface area contributed by atoms with E-state index in [4.69, 9.17) is 4.98 Å². The monoisotopic (exact) mass is 440 g/mol. The minimum Gasteiger partial charge on any atom is -0.368 e. The molecule has 3 aromatic rings. The van der Waals surface area contributed by atoms with Gasteiger partial charge in [0.1, 0.15) is 17.7 Å². The van der Waals surface area contributed by atoms with Crippen LogP contribution in [0.3, 0.4) is 0 Å². The molecule has 0 radical (unpaired) electrons. The molecule has 0 saturated heterocycles. The molecule has 0 amide bonds. The first-order valence-electron chi connectivity index (χ1n) is 11.5. The molecule has 0 spiro atoms. The fourth-order valence-electron chi connectivity index (χ4n) is 4.24. The molecule has 6 heteroatoms. The molecule has 33 heavy (non-hydrogen) atoms. The Morgan fingerprint density at radius 1 is 0.939 bits per heavy atom. The number of aromatic nitrogens is 1. The second-order valence-corrected chi connectivity index (χ2v) is 8.77. The van der Waals surface area contributed by atoms with Crippen LogP contribution in [0, 0.1) is 11.3 Å². The summed E-state index contributed by atoms with van der Waals surface area (Å²) in [7, 11) is 4.13. The van der Waals surface area contributed by atoms with Crippen molar-refractivity contribution in [3.63, 3.8) is 0 Å². The average Bonchev–Trinajstić information content (AvgIpc) is 2.84. The van der Waals surface area contributed by atoms with E-state index >= 15 is 0 Å². The Morgan fingerprint density at radius 3 is 2.30 bits per heavy atom. The molecule has 170 valence electrons. The van der Waals surface area contributed by atoms with Crippen LogP contribution in [-0.2, 0) is 26.1 Å². The van der Waals surface area contributed by atoms with Crippen molar-refractivity contribution >= 4 is 11.6 Å². The summed E-state index contributed by atoms with van der Waals surface area (Å²) in [6.07, 6.45) is 0.843. The number of pyridine rings is 1. The normalized spacial score (nSPS) is 13.4. The van der Waals surface area contributed by atoms with Crippen molar-refractivity contribution in [1.29, 1.82) is 5.26 Å². The molecule has 0 atom stereocenters. The van der Waals surface area contributed by atoms with Gasteiger partial charge in [-0.25, -0.2) is 4.98 Å². The van der Waals surface area contributed by atoms with E-state index in [1.807, 2.05) is 18.2 Å². The van der Waals surface area contributed by atoms with Crippen LogP contribution in [0.4, 0.5) is 11.6 Å². The van der Waals surface area contributed by atoms with E-state index in [2.05, 4.69) is 83.1 Å². The van der Waals surface area contributed by atoms with E-state index in [0.717, 1.165) is 61.7 Å². The third kappa shape index (κ3) is 5.89. The number of likely N-dealkylation sites (N-methyl/N-ethyl adjacent to an activating group) is 1. The van der Waals surface area contributed by atoms with E-state index < -0.39 is 0 Å². The first kappa shape index (κ1) is 22.8. The Kier molecular flexibility index (Phi) is 7.56. The average molecular weight is 441 g/mol. The van der Waals surface area contributed by atoms with Crippen LogP contribution in [-0.4, -0.2) is 48.5 Å². The van der Waals surface area contributed by atoms with Gasteiger partial charge in [-0.15, -0.1) is 0 Å². The van der Waals surface area contributed by atoms with Gasteiger partial charge in [0.15, 0.2) is 0 Å². The van der Waals surface area contributed by atoms with Gasteiger partial charge >= 0.3 is 0 Å². The molecule has 0 aliphatic carbocycles. The summed E-state index contributed by atoms with van der Waals surface area (Å²) in [5, 5.41) is 17.0.